The van der Waals surface area contributed by atoms with Gasteiger partial charge in [-0.2, -0.15) is 0 Å². The largest absolute Gasteiger partial charge is 0.385 e. The lowest BCUT2D eigenvalue weighted by Gasteiger charge is -2.32. The molecule has 0 aliphatic carbocycles. The predicted molar refractivity (Wildman–Crippen MR) is 90.2 cm³/mol. The van der Waals surface area contributed by atoms with E-state index in [2.05, 4.69) is 9.97 Å². The molecule has 2 aromatic rings. The Balaban J connectivity index is 1.46. The summed E-state index contributed by atoms with van der Waals surface area (Å²) in [5.41, 5.74) is 2.00. The number of piperidine rings is 1. The van der Waals surface area contributed by atoms with Gasteiger partial charge in [0.15, 0.2) is 0 Å². The van der Waals surface area contributed by atoms with E-state index in [9.17, 15) is 4.79 Å². The lowest BCUT2D eigenvalue weighted by atomic mass is 9.94. The SMILES string of the molecule is COCCC1CCN(C(=O)CCc2nc3ccccc3[nH]2)CC1. The van der Waals surface area contributed by atoms with Crippen molar-refractivity contribution in [3.63, 3.8) is 0 Å². The van der Waals surface area contributed by atoms with E-state index in [0.29, 0.717) is 18.8 Å². The fraction of sp³-hybridized carbons (Fsp3) is 0.556. The van der Waals surface area contributed by atoms with Gasteiger partial charge in [0.1, 0.15) is 5.82 Å². The maximum Gasteiger partial charge on any atom is 0.223 e. The molecule has 1 aromatic heterocycles. The number of nitrogens with one attached hydrogen (secondary N) is 1. The van der Waals surface area contributed by atoms with E-state index in [1.165, 1.54) is 0 Å². The number of para-hydroxylation sites is 2. The van der Waals surface area contributed by atoms with Crippen LogP contribution in [0.25, 0.3) is 11.0 Å². The Morgan fingerprint density at radius 1 is 1.35 bits per heavy atom. The molecule has 5 nitrogen and oxygen atoms in total. The van der Waals surface area contributed by atoms with Gasteiger partial charge in [-0.15, -0.1) is 0 Å². The van der Waals surface area contributed by atoms with Crippen molar-refractivity contribution in [3.05, 3.63) is 30.1 Å². The zero-order chi connectivity index (χ0) is 16.1. The van der Waals surface area contributed by atoms with Crippen molar-refractivity contribution < 1.29 is 9.53 Å². The van der Waals surface area contributed by atoms with Gasteiger partial charge in [0.2, 0.25) is 5.91 Å². The van der Waals surface area contributed by atoms with Crippen molar-refractivity contribution >= 4 is 16.9 Å². The number of methoxy groups -OCH3 is 1. The van der Waals surface area contributed by atoms with Gasteiger partial charge >= 0.3 is 0 Å². The number of ether oxygens (including phenoxy) is 1. The number of amides is 1. The van der Waals surface area contributed by atoms with Crippen molar-refractivity contribution in [1.82, 2.24) is 14.9 Å². The van der Waals surface area contributed by atoms with E-state index in [0.717, 1.165) is 55.8 Å². The van der Waals surface area contributed by atoms with Gasteiger partial charge in [-0.25, -0.2) is 4.98 Å². The minimum absolute atomic E-state index is 0.246. The van der Waals surface area contributed by atoms with E-state index >= 15 is 0 Å². The summed E-state index contributed by atoms with van der Waals surface area (Å²) in [6.07, 6.45) is 4.51. The smallest absolute Gasteiger partial charge is 0.223 e. The number of nitrogens with zero attached hydrogens (tertiary/aromatic N) is 2. The highest BCUT2D eigenvalue weighted by atomic mass is 16.5. The van der Waals surface area contributed by atoms with Crippen molar-refractivity contribution in [2.24, 2.45) is 5.92 Å². The van der Waals surface area contributed by atoms with Gasteiger partial charge in [0.25, 0.3) is 0 Å². The summed E-state index contributed by atoms with van der Waals surface area (Å²) in [5.74, 6) is 1.85. The molecule has 1 aliphatic rings. The molecule has 1 saturated heterocycles. The second-order valence-corrected chi connectivity index (χ2v) is 6.31. The average Bonchev–Trinajstić information content (AvgIpc) is 3.01. The number of rotatable bonds is 6. The van der Waals surface area contributed by atoms with Crippen LogP contribution >= 0.6 is 0 Å². The number of aromatic amines is 1. The van der Waals surface area contributed by atoms with Crippen molar-refractivity contribution in [2.45, 2.75) is 32.1 Å². The Bertz CT molecular complexity index is 612. The second kappa shape index (κ2) is 7.59. The van der Waals surface area contributed by atoms with Gasteiger partial charge in [-0.05, 0) is 37.3 Å². The fourth-order valence-corrected chi connectivity index (χ4v) is 3.26. The number of imidazole rings is 1. The normalized spacial score (nSPS) is 16.1. The molecular weight excluding hydrogens is 290 g/mol. The van der Waals surface area contributed by atoms with Crippen molar-refractivity contribution in [2.75, 3.05) is 26.8 Å². The molecule has 1 N–H and O–H groups in total. The van der Waals surface area contributed by atoms with Crippen molar-refractivity contribution in [3.8, 4) is 0 Å². The first-order valence-corrected chi connectivity index (χ1v) is 8.46. The molecule has 0 unspecified atom stereocenters. The summed E-state index contributed by atoms with van der Waals surface area (Å²) in [6, 6.07) is 7.97. The van der Waals surface area contributed by atoms with Crippen LogP contribution in [0.3, 0.4) is 0 Å². The Morgan fingerprint density at radius 3 is 2.87 bits per heavy atom. The van der Waals surface area contributed by atoms with Crippen LogP contribution in [-0.4, -0.2) is 47.6 Å². The van der Waals surface area contributed by atoms with Crippen LogP contribution in [0.15, 0.2) is 24.3 Å². The van der Waals surface area contributed by atoms with Gasteiger partial charge in [0, 0.05) is 39.6 Å². The number of aromatic nitrogens is 2. The first-order valence-electron chi connectivity index (χ1n) is 8.46. The minimum atomic E-state index is 0.246. The Labute approximate surface area is 137 Å². The molecule has 2 heterocycles. The molecule has 0 atom stereocenters. The van der Waals surface area contributed by atoms with Crippen LogP contribution in [0.2, 0.25) is 0 Å². The highest BCUT2D eigenvalue weighted by molar-refractivity contribution is 5.77. The molecule has 0 spiro atoms. The number of hydrogen-bond acceptors (Lipinski definition) is 3. The number of carbonyl (C=O) groups excluding carboxylic acids is 1. The number of hydrogen-bond donors (Lipinski definition) is 1. The lowest BCUT2D eigenvalue weighted by Crippen LogP contribution is -2.38. The van der Waals surface area contributed by atoms with Crippen LogP contribution in [0.1, 0.15) is 31.5 Å². The second-order valence-electron chi connectivity index (χ2n) is 6.31. The predicted octanol–water partition coefficient (Wildman–Crippen LogP) is 2.77. The monoisotopic (exact) mass is 315 g/mol. The van der Waals surface area contributed by atoms with E-state index in [-0.39, 0.29) is 5.91 Å². The van der Waals surface area contributed by atoms with Crippen LogP contribution in [0.5, 0.6) is 0 Å². The molecule has 5 heteroatoms. The highest BCUT2D eigenvalue weighted by Gasteiger charge is 2.22. The molecule has 23 heavy (non-hydrogen) atoms. The molecule has 0 saturated carbocycles. The Hall–Kier alpha value is -1.88. The van der Waals surface area contributed by atoms with Gasteiger partial charge in [-0.3, -0.25) is 4.79 Å². The van der Waals surface area contributed by atoms with Crippen LogP contribution in [0, 0.1) is 5.92 Å². The molecule has 1 aromatic carbocycles. The van der Waals surface area contributed by atoms with Gasteiger partial charge in [-0.1, -0.05) is 12.1 Å². The molecule has 1 aliphatic heterocycles. The maximum absolute atomic E-state index is 12.4. The zero-order valence-corrected chi connectivity index (χ0v) is 13.8. The summed E-state index contributed by atoms with van der Waals surface area (Å²) in [4.78, 5) is 22.2. The van der Waals surface area contributed by atoms with Crippen LogP contribution < -0.4 is 0 Å². The third kappa shape index (κ3) is 4.10. The zero-order valence-electron chi connectivity index (χ0n) is 13.8. The number of benzene rings is 1. The molecular formula is C18H25N3O2. The molecule has 0 bridgehead atoms. The third-order valence-electron chi connectivity index (χ3n) is 4.71. The molecule has 124 valence electrons. The van der Waals surface area contributed by atoms with Gasteiger partial charge in [0.05, 0.1) is 11.0 Å². The fourth-order valence-electron chi connectivity index (χ4n) is 3.26. The molecule has 1 fully saturated rings. The van der Waals surface area contributed by atoms with Crippen LogP contribution in [0.4, 0.5) is 0 Å². The number of aryl methyl sites for hydroxylation is 1. The van der Waals surface area contributed by atoms with Gasteiger partial charge < -0.3 is 14.6 Å². The summed E-state index contributed by atoms with van der Waals surface area (Å²) >= 11 is 0. The first kappa shape index (κ1) is 16.0. The summed E-state index contributed by atoms with van der Waals surface area (Å²) in [7, 11) is 1.75. The minimum Gasteiger partial charge on any atom is -0.385 e. The van der Waals surface area contributed by atoms with E-state index in [4.69, 9.17) is 4.74 Å². The van der Waals surface area contributed by atoms with E-state index < -0.39 is 0 Å². The Kier molecular flexibility index (Phi) is 5.28. The highest BCUT2D eigenvalue weighted by Crippen LogP contribution is 2.21. The summed E-state index contributed by atoms with van der Waals surface area (Å²) < 4.78 is 5.14. The van der Waals surface area contributed by atoms with E-state index in [1.54, 1.807) is 7.11 Å². The Morgan fingerprint density at radius 2 is 2.13 bits per heavy atom. The molecule has 0 radical (unpaired) electrons. The number of carbonyl (C=O) groups is 1. The molecule has 3 rings (SSSR count). The molecule has 1 amide bonds. The number of fused-ring (bicyclic) bond motifs is 1. The first-order chi connectivity index (χ1) is 11.3. The van der Waals surface area contributed by atoms with Crippen molar-refractivity contribution in [1.29, 1.82) is 0 Å². The van der Waals surface area contributed by atoms with Crippen LogP contribution in [-0.2, 0) is 16.0 Å². The van der Waals surface area contributed by atoms with E-state index in [1.807, 2.05) is 29.2 Å². The standard InChI is InChI=1S/C18H25N3O2/c1-23-13-10-14-8-11-21(12-9-14)18(22)7-6-17-19-15-4-2-3-5-16(15)20-17/h2-5,14H,6-13H2,1H3,(H,19,20). The summed E-state index contributed by atoms with van der Waals surface area (Å²) in [6.45, 7) is 2.59. The number of likely N-dealkylation sites (tertiary alicyclic amines) is 1. The average molecular weight is 315 g/mol. The number of H-pyrrole nitrogens is 1. The topological polar surface area (TPSA) is 58.2 Å². The maximum atomic E-state index is 12.4. The quantitative estimate of drug-likeness (QED) is 0.892. The lowest BCUT2D eigenvalue weighted by molar-refractivity contribution is -0.132. The summed E-state index contributed by atoms with van der Waals surface area (Å²) in [5, 5.41) is 0. The third-order valence-corrected chi connectivity index (χ3v) is 4.71.